The van der Waals surface area contributed by atoms with Gasteiger partial charge in [-0.1, -0.05) is 44.2 Å². The lowest BCUT2D eigenvalue weighted by Gasteiger charge is -2.32. The number of nitrogens with zero attached hydrogens (tertiary/aromatic N) is 1. The normalized spacial score (nSPS) is 14.3. The van der Waals surface area contributed by atoms with Crippen LogP contribution in [0.1, 0.15) is 42.9 Å². The average molecular weight is 280 g/mol. The van der Waals surface area contributed by atoms with Gasteiger partial charge in [-0.25, -0.2) is 0 Å². The minimum Gasteiger partial charge on any atom is -0.398 e. The van der Waals surface area contributed by atoms with E-state index in [0.717, 1.165) is 25.2 Å². The van der Waals surface area contributed by atoms with E-state index < -0.39 is 0 Å². The molecular formula is C19H24N2. The Balaban J connectivity index is 1.82. The first-order valence-corrected chi connectivity index (χ1v) is 7.86. The van der Waals surface area contributed by atoms with Gasteiger partial charge in [0.15, 0.2) is 0 Å². The van der Waals surface area contributed by atoms with E-state index in [-0.39, 0.29) is 0 Å². The summed E-state index contributed by atoms with van der Waals surface area (Å²) in [6.45, 7) is 6.55. The van der Waals surface area contributed by atoms with Gasteiger partial charge in [-0.3, -0.25) is 0 Å². The second kappa shape index (κ2) is 5.80. The van der Waals surface area contributed by atoms with Crippen LogP contribution in [0.25, 0.3) is 0 Å². The highest BCUT2D eigenvalue weighted by Crippen LogP contribution is 2.32. The number of fused-ring (bicyclic) bond motifs is 1. The Morgan fingerprint density at radius 2 is 1.86 bits per heavy atom. The van der Waals surface area contributed by atoms with Crippen LogP contribution in [0.2, 0.25) is 0 Å². The molecule has 3 rings (SSSR count). The molecule has 0 spiro atoms. The lowest BCUT2D eigenvalue weighted by atomic mass is 9.98. The molecule has 0 bridgehead atoms. The summed E-state index contributed by atoms with van der Waals surface area (Å²) in [7, 11) is 0. The topological polar surface area (TPSA) is 29.3 Å². The van der Waals surface area contributed by atoms with Gasteiger partial charge in [0.05, 0.1) is 0 Å². The van der Waals surface area contributed by atoms with Crippen molar-refractivity contribution in [3.05, 3.63) is 59.2 Å². The summed E-state index contributed by atoms with van der Waals surface area (Å²) in [5.74, 6) is 0.592. The van der Waals surface area contributed by atoms with E-state index in [0.29, 0.717) is 5.92 Å². The van der Waals surface area contributed by atoms with Crippen molar-refractivity contribution in [1.29, 1.82) is 0 Å². The van der Waals surface area contributed by atoms with E-state index in [1.54, 1.807) is 0 Å². The molecule has 0 saturated carbocycles. The van der Waals surface area contributed by atoms with Crippen LogP contribution in [0.4, 0.5) is 11.4 Å². The summed E-state index contributed by atoms with van der Waals surface area (Å²) in [5, 5.41) is 0. The van der Waals surface area contributed by atoms with E-state index in [4.69, 9.17) is 5.73 Å². The van der Waals surface area contributed by atoms with Crippen LogP contribution in [-0.4, -0.2) is 6.54 Å². The maximum absolute atomic E-state index is 6.12. The second-order valence-electron chi connectivity index (χ2n) is 6.27. The van der Waals surface area contributed by atoms with Crippen LogP contribution in [-0.2, 0) is 13.0 Å². The Morgan fingerprint density at radius 3 is 2.57 bits per heavy atom. The number of nitrogen functional groups attached to an aromatic ring is 1. The minimum atomic E-state index is 0.592. The Kier molecular flexibility index (Phi) is 3.87. The largest absolute Gasteiger partial charge is 0.398 e. The van der Waals surface area contributed by atoms with Crippen molar-refractivity contribution in [3.63, 3.8) is 0 Å². The fraction of sp³-hybridized carbons (Fsp3) is 0.368. The molecule has 0 aromatic heterocycles. The van der Waals surface area contributed by atoms with Crippen molar-refractivity contribution >= 4 is 11.4 Å². The Hall–Kier alpha value is -1.96. The summed E-state index contributed by atoms with van der Waals surface area (Å²) in [6, 6.07) is 15.3. The van der Waals surface area contributed by atoms with Gasteiger partial charge in [0, 0.05) is 24.5 Å². The lowest BCUT2D eigenvalue weighted by molar-refractivity contribution is 0.692. The average Bonchev–Trinajstić information content (AvgIpc) is 2.49. The van der Waals surface area contributed by atoms with E-state index in [1.165, 1.54) is 28.8 Å². The summed E-state index contributed by atoms with van der Waals surface area (Å²) < 4.78 is 0. The van der Waals surface area contributed by atoms with Crippen molar-refractivity contribution in [1.82, 2.24) is 0 Å². The fourth-order valence-electron chi connectivity index (χ4n) is 3.12. The molecule has 2 nitrogen and oxygen atoms in total. The molecule has 0 fully saturated rings. The smallest absolute Gasteiger partial charge is 0.0429 e. The lowest BCUT2D eigenvalue weighted by Crippen LogP contribution is -2.29. The Labute approximate surface area is 127 Å². The molecule has 0 amide bonds. The first-order valence-electron chi connectivity index (χ1n) is 7.86. The van der Waals surface area contributed by atoms with Crippen LogP contribution in [0, 0.1) is 0 Å². The van der Waals surface area contributed by atoms with E-state index in [2.05, 4.69) is 55.1 Å². The zero-order chi connectivity index (χ0) is 14.8. The van der Waals surface area contributed by atoms with E-state index >= 15 is 0 Å². The number of rotatable bonds is 3. The van der Waals surface area contributed by atoms with Gasteiger partial charge >= 0.3 is 0 Å². The maximum Gasteiger partial charge on any atom is 0.0429 e. The Morgan fingerprint density at radius 1 is 1.10 bits per heavy atom. The second-order valence-corrected chi connectivity index (χ2v) is 6.27. The first kappa shape index (κ1) is 14.0. The number of hydrogen-bond donors (Lipinski definition) is 1. The highest BCUT2D eigenvalue weighted by molar-refractivity contribution is 5.66. The standard InChI is InChI=1S/C19H24N2/c1-14(2)16-10-8-15(9-11-16)13-21-12-4-5-17-18(20)6-3-7-19(17)21/h3,6-11,14H,4-5,12-13,20H2,1-2H3. The van der Waals surface area contributed by atoms with Gasteiger partial charge in [0.25, 0.3) is 0 Å². The van der Waals surface area contributed by atoms with E-state index in [1.807, 2.05) is 6.07 Å². The highest BCUT2D eigenvalue weighted by Gasteiger charge is 2.18. The molecule has 2 N–H and O–H groups in total. The van der Waals surface area contributed by atoms with Crippen LogP contribution in [0.3, 0.4) is 0 Å². The van der Waals surface area contributed by atoms with Gasteiger partial charge in [0.1, 0.15) is 0 Å². The SMILES string of the molecule is CC(C)c1ccc(CN2CCCc3c(N)cccc32)cc1. The molecular weight excluding hydrogens is 256 g/mol. The minimum absolute atomic E-state index is 0.592. The quantitative estimate of drug-likeness (QED) is 0.847. The fourth-order valence-corrected chi connectivity index (χ4v) is 3.12. The van der Waals surface area contributed by atoms with E-state index in [9.17, 15) is 0 Å². The zero-order valence-corrected chi connectivity index (χ0v) is 13.0. The maximum atomic E-state index is 6.12. The molecule has 2 heteroatoms. The summed E-state index contributed by atoms with van der Waals surface area (Å²) >= 11 is 0. The Bertz CT molecular complexity index is 614. The summed E-state index contributed by atoms with van der Waals surface area (Å²) in [4.78, 5) is 2.46. The number of nitrogens with two attached hydrogens (primary N) is 1. The molecule has 1 heterocycles. The third-order valence-corrected chi connectivity index (χ3v) is 4.40. The number of anilines is 2. The van der Waals surface area contributed by atoms with Gasteiger partial charge in [-0.2, -0.15) is 0 Å². The first-order chi connectivity index (χ1) is 10.1. The molecule has 21 heavy (non-hydrogen) atoms. The molecule has 1 aliphatic heterocycles. The summed E-state index contributed by atoms with van der Waals surface area (Å²) in [6.07, 6.45) is 2.29. The van der Waals surface area contributed by atoms with Gasteiger partial charge in [0.2, 0.25) is 0 Å². The summed E-state index contributed by atoms with van der Waals surface area (Å²) in [5.41, 5.74) is 12.5. The van der Waals surface area contributed by atoms with Crippen molar-refractivity contribution in [2.24, 2.45) is 0 Å². The highest BCUT2D eigenvalue weighted by atomic mass is 15.1. The molecule has 0 aliphatic carbocycles. The molecule has 110 valence electrons. The van der Waals surface area contributed by atoms with Crippen LogP contribution in [0.5, 0.6) is 0 Å². The third kappa shape index (κ3) is 2.90. The predicted octanol–water partition coefficient (Wildman–Crippen LogP) is 4.35. The predicted molar refractivity (Wildman–Crippen MR) is 90.8 cm³/mol. The molecule has 2 aromatic carbocycles. The molecule has 1 aliphatic rings. The molecule has 0 radical (unpaired) electrons. The molecule has 0 unspecified atom stereocenters. The molecule has 0 atom stereocenters. The van der Waals surface area contributed by atoms with Crippen LogP contribution >= 0.6 is 0 Å². The van der Waals surface area contributed by atoms with Crippen molar-refractivity contribution < 1.29 is 0 Å². The van der Waals surface area contributed by atoms with Gasteiger partial charge < -0.3 is 10.6 Å². The van der Waals surface area contributed by atoms with Crippen LogP contribution < -0.4 is 10.6 Å². The van der Waals surface area contributed by atoms with Crippen molar-refractivity contribution in [2.75, 3.05) is 17.2 Å². The number of benzene rings is 2. The monoisotopic (exact) mass is 280 g/mol. The van der Waals surface area contributed by atoms with Crippen molar-refractivity contribution in [3.8, 4) is 0 Å². The van der Waals surface area contributed by atoms with Crippen molar-refractivity contribution in [2.45, 2.75) is 39.2 Å². The zero-order valence-electron chi connectivity index (χ0n) is 13.0. The molecule has 2 aromatic rings. The van der Waals surface area contributed by atoms with Gasteiger partial charge in [-0.15, -0.1) is 0 Å². The number of hydrogen-bond acceptors (Lipinski definition) is 2. The van der Waals surface area contributed by atoms with Crippen LogP contribution in [0.15, 0.2) is 42.5 Å². The van der Waals surface area contributed by atoms with Gasteiger partial charge in [-0.05, 0) is 47.6 Å². The molecule has 0 saturated heterocycles. The third-order valence-electron chi connectivity index (χ3n) is 4.40.